The van der Waals surface area contributed by atoms with E-state index in [1.807, 2.05) is 6.07 Å². The molecule has 0 unspecified atom stereocenters. The molecule has 2 aromatic carbocycles. The summed E-state index contributed by atoms with van der Waals surface area (Å²) in [7, 11) is 0. The van der Waals surface area contributed by atoms with Crippen LogP contribution in [0.4, 0.5) is 17.6 Å². The molecule has 0 radical (unpaired) electrons. The molecule has 0 atom stereocenters. The Bertz CT molecular complexity index is 689. The molecule has 2 rings (SSSR count). The predicted molar refractivity (Wildman–Crippen MR) is 67.8 cm³/mol. The molecule has 0 amide bonds. The number of hydrogen-bond acceptors (Lipinski definition) is 2. The zero-order chi connectivity index (χ0) is 15.5. The van der Waals surface area contributed by atoms with Crippen LogP contribution in [0.1, 0.15) is 5.56 Å². The van der Waals surface area contributed by atoms with Gasteiger partial charge in [-0.2, -0.15) is 5.26 Å². The Labute approximate surface area is 118 Å². The smallest absolute Gasteiger partial charge is 0.405 e. The zero-order valence-electron chi connectivity index (χ0n) is 10.6. The highest BCUT2D eigenvalue weighted by molar-refractivity contribution is 5.73. The SMILES string of the molecule is N#CCc1cc(F)ccc1-c1ccccc1OC(F)(F)F. The molecule has 0 N–H and O–H groups in total. The summed E-state index contributed by atoms with van der Waals surface area (Å²) in [6.45, 7) is 0. The third-order valence-corrected chi connectivity index (χ3v) is 2.74. The molecular formula is C15H9F4NO. The van der Waals surface area contributed by atoms with Gasteiger partial charge >= 0.3 is 6.36 Å². The van der Waals surface area contributed by atoms with Crippen LogP contribution in [-0.2, 0) is 6.42 Å². The molecule has 0 aliphatic heterocycles. The standard InChI is InChI=1S/C15H9F4NO/c16-11-5-6-12(10(9-11)7-8-20)13-3-1-2-4-14(13)21-15(17,18)19/h1-6,9H,7H2. The van der Waals surface area contributed by atoms with Crippen LogP contribution in [0.5, 0.6) is 5.75 Å². The highest BCUT2D eigenvalue weighted by atomic mass is 19.4. The number of rotatable bonds is 3. The summed E-state index contributed by atoms with van der Waals surface area (Å²) in [5.41, 5.74) is 0.786. The molecule has 0 aromatic heterocycles. The molecule has 0 aliphatic carbocycles. The second-order valence-electron chi connectivity index (χ2n) is 4.18. The Kier molecular flexibility index (Phi) is 4.13. The van der Waals surface area contributed by atoms with Gasteiger partial charge in [-0.1, -0.05) is 24.3 Å². The fraction of sp³-hybridized carbons (Fsp3) is 0.133. The highest BCUT2D eigenvalue weighted by Gasteiger charge is 2.32. The average Bonchev–Trinajstić information content (AvgIpc) is 2.39. The maximum absolute atomic E-state index is 13.2. The summed E-state index contributed by atoms with van der Waals surface area (Å²) < 4.78 is 54.5. The van der Waals surface area contributed by atoms with E-state index in [9.17, 15) is 17.6 Å². The molecule has 0 aliphatic rings. The average molecular weight is 295 g/mol. The van der Waals surface area contributed by atoms with Crippen molar-refractivity contribution in [3.63, 3.8) is 0 Å². The van der Waals surface area contributed by atoms with E-state index >= 15 is 0 Å². The molecule has 0 heterocycles. The number of alkyl halides is 3. The number of ether oxygens (including phenoxy) is 1. The number of hydrogen-bond donors (Lipinski definition) is 0. The van der Waals surface area contributed by atoms with Crippen molar-refractivity contribution in [2.45, 2.75) is 12.8 Å². The fourth-order valence-electron chi connectivity index (χ4n) is 1.96. The molecule has 6 heteroatoms. The van der Waals surface area contributed by atoms with Crippen LogP contribution in [-0.4, -0.2) is 6.36 Å². The van der Waals surface area contributed by atoms with Gasteiger partial charge in [0, 0.05) is 5.56 Å². The van der Waals surface area contributed by atoms with E-state index < -0.39 is 17.9 Å². The minimum absolute atomic E-state index is 0.118. The van der Waals surface area contributed by atoms with E-state index in [1.54, 1.807) is 0 Å². The number of halogens is 4. The third-order valence-electron chi connectivity index (χ3n) is 2.74. The molecule has 0 saturated heterocycles. The van der Waals surface area contributed by atoms with Crippen LogP contribution in [0.3, 0.4) is 0 Å². The lowest BCUT2D eigenvalue weighted by Gasteiger charge is -2.15. The summed E-state index contributed by atoms with van der Waals surface area (Å²) >= 11 is 0. The lowest BCUT2D eigenvalue weighted by atomic mass is 9.97. The summed E-state index contributed by atoms with van der Waals surface area (Å²) in [4.78, 5) is 0. The molecule has 108 valence electrons. The minimum Gasteiger partial charge on any atom is -0.405 e. The van der Waals surface area contributed by atoms with E-state index in [-0.39, 0.29) is 12.0 Å². The second-order valence-corrected chi connectivity index (χ2v) is 4.18. The summed E-state index contributed by atoms with van der Waals surface area (Å²) in [6, 6.07) is 11.0. The first-order chi connectivity index (χ1) is 9.90. The maximum Gasteiger partial charge on any atom is 0.573 e. The number of benzene rings is 2. The van der Waals surface area contributed by atoms with Gasteiger partial charge in [-0.05, 0) is 29.3 Å². The Morgan fingerprint density at radius 2 is 1.76 bits per heavy atom. The van der Waals surface area contributed by atoms with Crippen LogP contribution >= 0.6 is 0 Å². The van der Waals surface area contributed by atoms with E-state index in [0.717, 1.165) is 12.1 Å². The van der Waals surface area contributed by atoms with Gasteiger partial charge in [0.05, 0.1) is 12.5 Å². The lowest BCUT2D eigenvalue weighted by molar-refractivity contribution is -0.274. The Balaban J connectivity index is 2.55. The zero-order valence-corrected chi connectivity index (χ0v) is 10.6. The van der Waals surface area contributed by atoms with E-state index in [0.29, 0.717) is 11.1 Å². The summed E-state index contributed by atoms with van der Waals surface area (Å²) in [6.07, 6.45) is -4.95. The van der Waals surface area contributed by atoms with Gasteiger partial charge in [-0.3, -0.25) is 0 Å². The fourth-order valence-corrected chi connectivity index (χ4v) is 1.96. The van der Waals surface area contributed by atoms with Gasteiger partial charge in [-0.25, -0.2) is 4.39 Å². The molecule has 0 bridgehead atoms. The van der Waals surface area contributed by atoms with E-state index in [1.165, 1.54) is 30.3 Å². The minimum atomic E-state index is -4.83. The van der Waals surface area contributed by atoms with E-state index in [2.05, 4.69) is 4.74 Å². The van der Waals surface area contributed by atoms with Gasteiger partial charge < -0.3 is 4.74 Å². The largest absolute Gasteiger partial charge is 0.573 e. The van der Waals surface area contributed by atoms with Crippen molar-refractivity contribution in [2.24, 2.45) is 0 Å². The van der Waals surface area contributed by atoms with Crippen molar-refractivity contribution in [1.82, 2.24) is 0 Å². The molecule has 21 heavy (non-hydrogen) atoms. The molecule has 0 saturated carbocycles. The maximum atomic E-state index is 13.2. The summed E-state index contributed by atoms with van der Waals surface area (Å²) in [5.74, 6) is -0.950. The van der Waals surface area contributed by atoms with Crippen molar-refractivity contribution in [2.75, 3.05) is 0 Å². The third kappa shape index (κ3) is 3.72. The Morgan fingerprint density at radius 3 is 2.43 bits per heavy atom. The number of para-hydroxylation sites is 1. The Morgan fingerprint density at radius 1 is 1.05 bits per heavy atom. The van der Waals surface area contributed by atoms with Crippen LogP contribution in [0.2, 0.25) is 0 Å². The highest BCUT2D eigenvalue weighted by Crippen LogP contribution is 2.35. The van der Waals surface area contributed by atoms with Crippen LogP contribution < -0.4 is 4.74 Å². The van der Waals surface area contributed by atoms with Crippen molar-refractivity contribution >= 4 is 0 Å². The number of nitriles is 1. The van der Waals surface area contributed by atoms with Gasteiger partial charge in [0.25, 0.3) is 0 Å². The molecule has 2 aromatic rings. The molecule has 2 nitrogen and oxygen atoms in total. The second kappa shape index (κ2) is 5.83. The lowest BCUT2D eigenvalue weighted by Crippen LogP contribution is -2.17. The normalized spacial score (nSPS) is 11.0. The predicted octanol–water partition coefficient (Wildman–Crippen LogP) is 4.46. The first-order valence-corrected chi connectivity index (χ1v) is 5.91. The first-order valence-electron chi connectivity index (χ1n) is 5.91. The van der Waals surface area contributed by atoms with Crippen molar-refractivity contribution in [1.29, 1.82) is 5.26 Å². The molecule has 0 spiro atoms. The van der Waals surface area contributed by atoms with Crippen molar-refractivity contribution in [3.8, 4) is 22.9 Å². The van der Waals surface area contributed by atoms with Gasteiger partial charge in [-0.15, -0.1) is 13.2 Å². The topological polar surface area (TPSA) is 33.0 Å². The van der Waals surface area contributed by atoms with Gasteiger partial charge in [0.1, 0.15) is 11.6 Å². The van der Waals surface area contributed by atoms with Crippen LogP contribution in [0.15, 0.2) is 42.5 Å². The van der Waals surface area contributed by atoms with E-state index in [4.69, 9.17) is 5.26 Å². The monoisotopic (exact) mass is 295 g/mol. The Hall–Kier alpha value is -2.55. The van der Waals surface area contributed by atoms with Crippen LogP contribution in [0, 0.1) is 17.1 Å². The quantitative estimate of drug-likeness (QED) is 0.783. The van der Waals surface area contributed by atoms with Crippen molar-refractivity contribution in [3.05, 3.63) is 53.8 Å². The molecular weight excluding hydrogens is 286 g/mol. The first kappa shape index (κ1) is 14.9. The summed E-state index contributed by atoms with van der Waals surface area (Å²) in [5, 5.41) is 8.75. The van der Waals surface area contributed by atoms with Crippen LogP contribution in [0.25, 0.3) is 11.1 Å². The van der Waals surface area contributed by atoms with Gasteiger partial charge in [0.15, 0.2) is 0 Å². The molecule has 0 fully saturated rings. The van der Waals surface area contributed by atoms with Gasteiger partial charge in [0.2, 0.25) is 0 Å². The van der Waals surface area contributed by atoms with Crippen molar-refractivity contribution < 1.29 is 22.3 Å². The number of nitrogens with zero attached hydrogens (tertiary/aromatic N) is 1.